The number of nitrogens with zero attached hydrogens (tertiary/aromatic N) is 3. The van der Waals surface area contributed by atoms with E-state index >= 15 is 0 Å². The van der Waals surface area contributed by atoms with E-state index < -0.39 is 0 Å². The van der Waals surface area contributed by atoms with Gasteiger partial charge >= 0.3 is 0 Å². The molecule has 4 nitrogen and oxygen atoms in total. The molecule has 3 rings (SSSR count). The molecule has 0 fully saturated rings. The van der Waals surface area contributed by atoms with Crippen LogP contribution in [0.4, 0.5) is 0 Å². The second kappa shape index (κ2) is 5.43. The maximum Gasteiger partial charge on any atom is 0.136 e. The summed E-state index contributed by atoms with van der Waals surface area (Å²) in [6.45, 7) is 7.72. The van der Waals surface area contributed by atoms with E-state index in [9.17, 15) is 0 Å². The molecule has 4 heteroatoms. The monoisotopic (exact) mass is 267 g/mol. The van der Waals surface area contributed by atoms with Crippen molar-refractivity contribution in [2.45, 2.75) is 20.1 Å². The Bertz CT molecular complexity index is 761. The lowest BCUT2D eigenvalue weighted by molar-refractivity contribution is 0.126. The number of fused-ring (bicyclic) bond motifs is 3. The van der Waals surface area contributed by atoms with E-state index in [2.05, 4.69) is 27.2 Å². The minimum atomic E-state index is 0.507. The largest absolute Gasteiger partial charge is 0.374 e. The van der Waals surface area contributed by atoms with Crippen molar-refractivity contribution in [2.24, 2.45) is 0 Å². The molecule has 0 spiro atoms. The molecular weight excluding hydrogens is 250 g/mol. The van der Waals surface area contributed by atoms with Crippen molar-refractivity contribution in [1.82, 2.24) is 14.5 Å². The van der Waals surface area contributed by atoms with Gasteiger partial charge in [-0.15, -0.1) is 6.58 Å². The van der Waals surface area contributed by atoms with Gasteiger partial charge in [-0.25, -0.2) is 4.98 Å². The Hall–Kier alpha value is -2.20. The van der Waals surface area contributed by atoms with Crippen LogP contribution in [0.5, 0.6) is 0 Å². The quantitative estimate of drug-likeness (QED) is 0.666. The zero-order valence-corrected chi connectivity index (χ0v) is 11.5. The van der Waals surface area contributed by atoms with E-state index in [0.29, 0.717) is 19.8 Å². The summed E-state index contributed by atoms with van der Waals surface area (Å²) in [7, 11) is 0. The van der Waals surface area contributed by atoms with E-state index in [1.807, 2.05) is 37.4 Å². The van der Waals surface area contributed by atoms with Gasteiger partial charge in [-0.2, -0.15) is 0 Å². The van der Waals surface area contributed by atoms with Crippen LogP contribution in [0.1, 0.15) is 12.7 Å². The molecule has 0 unspecified atom stereocenters. The minimum absolute atomic E-state index is 0.507. The fraction of sp³-hybridized carbons (Fsp3) is 0.250. The molecule has 3 aromatic rings. The van der Waals surface area contributed by atoms with Crippen LogP contribution in [-0.2, 0) is 17.9 Å². The molecular formula is C16H17N3O. The predicted octanol–water partition coefficient (Wildman–Crippen LogP) is 3.31. The van der Waals surface area contributed by atoms with Crippen LogP contribution < -0.4 is 0 Å². The second-order valence-corrected chi connectivity index (χ2v) is 4.57. The van der Waals surface area contributed by atoms with Crippen LogP contribution in [0.3, 0.4) is 0 Å². The Morgan fingerprint density at radius 3 is 2.95 bits per heavy atom. The molecule has 2 heterocycles. The van der Waals surface area contributed by atoms with Gasteiger partial charge in [-0.1, -0.05) is 24.3 Å². The van der Waals surface area contributed by atoms with Gasteiger partial charge in [-0.3, -0.25) is 4.98 Å². The van der Waals surface area contributed by atoms with Gasteiger partial charge < -0.3 is 9.30 Å². The average Bonchev–Trinajstić information content (AvgIpc) is 2.84. The standard InChI is InChI=1S/C16H17N3O/c1-3-9-19-15(11-20-4-2)18-14-10-17-13-8-6-5-7-12(13)16(14)19/h3,5-8,10H,1,4,9,11H2,2H3. The van der Waals surface area contributed by atoms with Crippen molar-refractivity contribution in [3.05, 3.63) is 48.9 Å². The fourth-order valence-electron chi connectivity index (χ4n) is 2.44. The smallest absolute Gasteiger partial charge is 0.136 e. The molecule has 0 saturated carbocycles. The maximum absolute atomic E-state index is 5.51. The van der Waals surface area contributed by atoms with Gasteiger partial charge in [0.2, 0.25) is 0 Å². The molecule has 0 radical (unpaired) electrons. The minimum Gasteiger partial charge on any atom is -0.374 e. The zero-order valence-electron chi connectivity index (χ0n) is 11.5. The van der Waals surface area contributed by atoms with Gasteiger partial charge in [0.05, 0.1) is 17.2 Å². The van der Waals surface area contributed by atoms with Crippen LogP contribution in [0.2, 0.25) is 0 Å². The Morgan fingerprint density at radius 1 is 1.30 bits per heavy atom. The summed E-state index contributed by atoms with van der Waals surface area (Å²) in [5.74, 6) is 0.917. The Kier molecular flexibility index (Phi) is 3.48. The van der Waals surface area contributed by atoms with Gasteiger partial charge in [-0.05, 0) is 13.0 Å². The zero-order chi connectivity index (χ0) is 13.9. The molecule has 0 saturated heterocycles. The molecule has 0 N–H and O–H groups in total. The third-order valence-corrected chi connectivity index (χ3v) is 3.31. The average molecular weight is 267 g/mol. The predicted molar refractivity (Wildman–Crippen MR) is 80.6 cm³/mol. The molecule has 20 heavy (non-hydrogen) atoms. The molecule has 0 aliphatic carbocycles. The molecule has 1 aromatic carbocycles. The first kappa shape index (κ1) is 12.8. The van der Waals surface area contributed by atoms with Crippen molar-refractivity contribution >= 4 is 21.9 Å². The van der Waals surface area contributed by atoms with E-state index in [4.69, 9.17) is 4.74 Å². The number of ether oxygens (including phenoxy) is 1. The van der Waals surface area contributed by atoms with E-state index in [1.54, 1.807) is 0 Å². The van der Waals surface area contributed by atoms with Gasteiger partial charge in [0.15, 0.2) is 0 Å². The lowest BCUT2D eigenvalue weighted by Crippen LogP contribution is -2.04. The number of benzene rings is 1. The first-order valence-electron chi connectivity index (χ1n) is 6.76. The van der Waals surface area contributed by atoms with Crippen molar-refractivity contribution in [3.8, 4) is 0 Å². The second-order valence-electron chi connectivity index (χ2n) is 4.57. The van der Waals surface area contributed by atoms with Crippen LogP contribution in [-0.4, -0.2) is 21.1 Å². The molecule has 0 aliphatic heterocycles. The Balaban J connectivity index is 2.28. The summed E-state index contributed by atoms with van der Waals surface area (Å²) >= 11 is 0. The van der Waals surface area contributed by atoms with Crippen LogP contribution in [0.15, 0.2) is 43.1 Å². The van der Waals surface area contributed by atoms with Gasteiger partial charge in [0.25, 0.3) is 0 Å². The molecule has 0 bridgehead atoms. The third-order valence-electron chi connectivity index (χ3n) is 3.31. The molecule has 2 aromatic heterocycles. The van der Waals surface area contributed by atoms with Crippen LogP contribution in [0, 0.1) is 0 Å². The highest BCUT2D eigenvalue weighted by Crippen LogP contribution is 2.25. The summed E-state index contributed by atoms with van der Waals surface area (Å²) in [5.41, 5.74) is 2.98. The number of imidazole rings is 1. The fourth-order valence-corrected chi connectivity index (χ4v) is 2.44. The summed E-state index contributed by atoms with van der Waals surface area (Å²) in [6, 6.07) is 8.12. The Morgan fingerprint density at radius 2 is 2.15 bits per heavy atom. The summed E-state index contributed by atoms with van der Waals surface area (Å²) in [5, 5.41) is 1.11. The number of allylic oxidation sites excluding steroid dienone is 1. The van der Waals surface area contributed by atoms with E-state index in [0.717, 1.165) is 27.8 Å². The van der Waals surface area contributed by atoms with Crippen LogP contribution in [0.25, 0.3) is 21.9 Å². The number of rotatable bonds is 5. The topological polar surface area (TPSA) is 39.9 Å². The highest BCUT2D eigenvalue weighted by molar-refractivity contribution is 6.02. The number of aromatic nitrogens is 3. The van der Waals surface area contributed by atoms with Crippen molar-refractivity contribution in [1.29, 1.82) is 0 Å². The lowest BCUT2D eigenvalue weighted by Gasteiger charge is -2.07. The molecule has 0 amide bonds. The van der Waals surface area contributed by atoms with Crippen LogP contribution >= 0.6 is 0 Å². The summed E-state index contributed by atoms with van der Waals surface area (Å²) < 4.78 is 7.66. The van der Waals surface area contributed by atoms with Crippen molar-refractivity contribution < 1.29 is 4.74 Å². The summed E-state index contributed by atoms with van der Waals surface area (Å²) in [4.78, 5) is 9.11. The number of para-hydroxylation sites is 1. The van der Waals surface area contributed by atoms with E-state index in [-0.39, 0.29) is 0 Å². The molecule has 102 valence electrons. The molecule has 0 atom stereocenters. The first-order valence-corrected chi connectivity index (χ1v) is 6.76. The number of hydrogen-bond donors (Lipinski definition) is 0. The number of hydrogen-bond acceptors (Lipinski definition) is 3. The number of pyridine rings is 1. The van der Waals surface area contributed by atoms with Gasteiger partial charge in [0, 0.05) is 18.5 Å². The lowest BCUT2D eigenvalue weighted by atomic mass is 10.2. The SMILES string of the molecule is C=CCn1c(COCC)nc2cnc3ccccc3c21. The van der Waals surface area contributed by atoms with Crippen molar-refractivity contribution in [3.63, 3.8) is 0 Å². The Labute approximate surface area is 117 Å². The first-order chi connectivity index (χ1) is 9.85. The van der Waals surface area contributed by atoms with Crippen molar-refractivity contribution in [2.75, 3.05) is 6.61 Å². The molecule has 0 aliphatic rings. The normalized spacial score (nSPS) is 11.2. The van der Waals surface area contributed by atoms with E-state index in [1.165, 1.54) is 0 Å². The third kappa shape index (κ3) is 2.08. The summed E-state index contributed by atoms with van der Waals surface area (Å²) in [6.07, 6.45) is 3.71. The highest BCUT2D eigenvalue weighted by Gasteiger charge is 2.13. The maximum atomic E-state index is 5.51. The highest BCUT2D eigenvalue weighted by atomic mass is 16.5. The van der Waals surface area contributed by atoms with Gasteiger partial charge in [0.1, 0.15) is 17.9 Å².